The van der Waals surface area contributed by atoms with Crippen LogP contribution in [0.4, 0.5) is 0 Å². The summed E-state index contributed by atoms with van der Waals surface area (Å²) in [4.78, 5) is 51.5. The molecule has 0 amide bonds. The van der Waals surface area contributed by atoms with Gasteiger partial charge in [0.05, 0.1) is 19.6 Å². The number of Topliss-reactive ketones (excluding diaryl/α,β-unsaturated/α-hetero) is 2. The van der Waals surface area contributed by atoms with E-state index in [2.05, 4.69) is 25.8 Å². The van der Waals surface area contributed by atoms with E-state index in [0.717, 1.165) is 0 Å². The molecule has 10 nitrogen and oxygen atoms in total. The molecule has 2 rings (SSSR count). The largest absolute Gasteiger partial charge is 0.408 e. The first kappa shape index (κ1) is 27.3. The van der Waals surface area contributed by atoms with Crippen molar-refractivity contribution in [1.29, 1.82) is 0 Å². The van der Waals surface area contributed by atoms with Crippen LogP contribution in [-0.4, -0.2) is 68.1 Å². The van der Waals surface area contributed by atoms with Crippen LogP contribution in [0.3, 0.4) is 0 Å². The number of hydrogen-bond donors (Lipinski definition) is 1. The normalized spacial score (nSPS) is 23.6. The highest BCUT2D eigenvalue weighted by molar-refractivity contribution is 6.74. The molecule has 0 radical (unpaired) electrons. The lowest BCUT2D eigenvalue weighted by molar-refractivity contribution is -0.138. The number of H-pyrrole nitrogens is 1. The molecule has 1 aromatic rings. The molecule has 11 heteroatoms. The lowest BCUT2D eigenvalue weighted by Crippen LogP contribution is -2.51. The summed E-state index contributed by atoms with van der Waals surface area (Å²) in [6.45, 7) is 13.6. The fourth-order valence-corrected chi connectivity index (χ4v) is 4.63. The third-order valence-corrected chi connectivity index (χ3v) is 10.7. The fraction of sp³-hybridized carbons (Fsp3) is 0.727. The van der Waals surface area contributed by atoms with Gasteiger partial charge in [0.2, 0.25) is 0 Å². The highest BCUT2D eigenvalue weighted by Crippen LogP contribution is 2.42. The van der Waals surface area contributed by atoms with E-state index in [1.54, 1.807) is 6.92 Å². The molecule has 33 heavy (non-hydrogen) atoms. The summed E-state index contributed by atoms with van der Waals surface area (Å²) in [5.41, 5.74) is -0.903. The molecule has 1 fully saturated rings. The number of aromatic amines is 1. The molecule has 1 unspecified atom stereocenters. The van der Waals surface area contributed by atoms with Crippen molar-refractivity contribution < 1.29 is 28.2 Å². The smallest absolute Gasteiger partial charge is 0.330 e. The number of methoxy groups -OCH3 is 1. The number of rotatable bonds is 10. The number of ketones is 2. The van der Waals surface area contributed by atoms with Crippen LogP contribution < -0.4 is 11.2 Å². The Bertz CT molecular complexity index is 978. The molecule has 0 bridgehead atoms. The molecule has 1 saturated heterocycles. The van der Waals surface area contributed by atoms with E-state index in [9.17, 15) is 19.2 Å². The van der Waals surface area contributed by atoms with Crippen LogP contribution in [0.25, 0.3) is 0 Å². The summed E-state index contributed by atoms with van der Waals surface area (Å²) in [6, 6.07) is 0. The minimum absolute atomic E-state index is 0.170. The Labute approximate surface area is 194 Å². The molecular weight excluding hydrogens is 448 g/mol. The van der Waals surface area contributed by atoms with Gasteiger partial charge in [-0.05, 0) is 32.0 Å². The highest BCUT2D eigenvalue weighted by Gasteiger charge is 2.53. The van der Waals surface area contributed by atoms with E-state index in [1.807, 2.05) is 13.1 Å². The fourth-order valence-electron chi connectivity index (χ4n) is 3.33. The Kier molecular flexibility index (Phi) is 8.74. The molecule has 0 spiro atoms. The Morgan fingerprint density at radius 1 is 1.18 bits per heavy atom. The molecule has 0 aromatic carbocycles. The number of aromatic nitrogens is 2. The van der Waals surface area contributed by atoms with Crippen molar-refractivity contribution in [3.05, 3.63) is 32.6 Å². The van der Waals surface area contributed by atoms with Crippen molar-refractivity contribution >= 4 is 19.9 Å². The Balaban J connectivity index is 2.58. The lowest BCUT2D eigenvalue weighted by atomic mass is 10.0. The van der Waals surface area contributed by atoms with Gasteiger partial charge in [-0.25, -0.2) is 4.79 Å². The van der Waals surface area contributed by atoms with Crippen LogP contribution in [-0.2, 0) is 28.2 Å². The molecular formula is C22H36N2O8Si. The van der Waals surface area contributed by atoms with E-state index >= 15 is 0 Å². The van der Waals surface area contributed by atoms with Crippen molar-refractivity contribution in [3.8, 4) is 0 Å². The standard InChI is InChI=1S/C22H36N2O8Si/c1-13-12-24(21(28)23-19(13)27)20-18(30-10-9-29-6)17(32-33(7,8)22(3,4)5)16(31-20)15(26)11-14(2)25/h12,16-18,20H,9-11H2,1-8H3,(H,23,27,28)/t16-,17?,18+,20-/m1/s1. The Morgan fingerprint density at radius 2 is 1.82 bits per heavy atom. The number of hydrogen-bond acceptors (Lipinski definition) is 8. The Hall–Kier alpha value is -1.92. The minimum atomic E-state index is -2.42. The molecule has 4 atom stereocenters. The lowest BCUT2D eigenvalue weighted by Gasteiger charge is -2.40. The number of carbonyl (C=O) groups is 2. The number of nitrogens with one attached hydrogen (secondary N) is 1. The first-order chi connectivity index (χ1) is 15.2. The van der Waals surface area contributed by atoms with Crippen molar-refractivity contribution in [2.75, 3.05) is 20.3 Å². The number of carbonyl (C=O) groups excluding carboxylic acids is 2. The third-order valence-electron chi connectivity index (χ3n) is 6.18. The van der Waals surface area contributed by atoms with Gasteiger partial charge in [0.1, 0.15) is 24.1 Å². The first-order valence-electron chi connectivity index (χ1n) is 11.0. The zero-order valence-electron chi connectivity index (χ0n) is 20.7. The predicted octanol–water partition coefficient (Wildman–Crippen LogP) is 1.71. The Morgan fingerprint density at radius 3 is 2.36 bits per heavy atom. The molecule has 186 valence electrons. The zero-order valence-corrected chi connectivity index (χ0v) is 21.7. The van der Waals surface area contributed by atoms with E-state index in [4.69, 9.17) is 18.6 Å². The minimum Gasteiger partial charge on any atom is -0.408 e. The van der Waals surface area contributed by atoms with E-state index in [-0.39, 0.29) is 30.5 Å². The van der Waals surface area contributed by atoms with Gasteiger partial charge in [-0.15, -0.1) is 0 Å². The van der Waals surface area contributed by atoms with Gasteiger partial charge in [-0.1, -0.05) is 20.8 Å². The van der Waals surface area contributed by atoms with Gasteiger partial charge >= 0.3 is 5.69 Å². The van der Waals surface area contributed by atoms with Crippen LogP contribution in [0.15, 0.2) is 15.8 Å². The van der Waals surface area contributed by atoms with E-state index in [0.29, 0.717) is 5.56 Å². The van der Waals surface area contributed by atoms with Crippen LogP contribution in [0.2, 0.25) is 18.1 Å². The average Bonchev–Trinajstić information content (AvgIpc) is 3.01. The summed E-state index contributed by atoms with van der Waals surface area (Å²) in [5.74, 6) is -0.740. The van der Waals surface area contributed by atoms with Crippen LogP contribution in [0, 0.1) is 6.92 Å². The molecule has 2 heterocycles. The number of nitrogens with zero attached hydrogens (tertiary/aromatic N) is 1. The molecule has 0 aliphatic carbocycles. The van der Waals surface area contributed by atoms with Crippen molar-refractivity contribution in [2.45, 2.75) is 83.7 Å². The van der Waals surface area contributed by atoms with Gasteiger partial charge in [-0.3, -0.25) is 23.9 Å². The third kappa shape index (κ3) is 6.36. The zero-order chi connectivity index (χ0) is 25.1. The van der Waals surface area contributed by atoms with Crippen molar-refractivity contribution in [2.24, 2.45) is 0 Å². The molecule has 1 aromatic heterocycles. The molecule has 1 N–H and O–H groups in total. The summed E-state index contributed by atoms with van der Waals surface area (Å²) in [6.07, 6.45) is -2.80. The molecule has 1 aliphatic heterocycles. The van der Waals surface area contributed by atoms with Gasteiger partial charge in [0.25, 0.3) is 5.56 Å². The maximum Gasteiger partial charge on any atom is 0.330 e. The van der Waals surface area contributed by atoms with Crippen molar-refractivity contribution in [3.63, 3.8) is 0 Å². The maximum absolute atomic E-state index is 13.0. The van der Waals surface area contributed by atoms with Crippen LogP contribution in [0.5, 0.6) is 0 Å². The number of aryl methyl sites for hydroxylation is 1. The van der Waals surface area contributed by atoms with E-state index in [1.165, 1.54) is 24.8 Å². The average molecular weight is 485 g/mol. The van der Waals surface area contributed by atoms with Gasteiger partial charge < -0.3 is 18.6 Å². The molecule has 1 aliphatic rings. The van der Waals surface area contributed by atoms with E-state index < -0.39 is 49.9 Å². The highest BCUT2D eigenvalue weighted by atomic mass is 28.4. The second-order valence-electron chi connectivity index (χ2n) is 9.94. The van der Waals surface area contributed by atoms with Gasteiger partial charge in [0.15, 0.2) is 20.3 Å². The second kappa shape index (κ2) is 10.6. The summed E-state index contributed by atoms with van der Waals surface area (Å²) < 4.78 is 25.0. The maximum atomic E-state index is 13.0. The van der Waals surface area contributed by atoms with Crippen LogP contribution >= 0.6 is 0 Å². The first-order valence-corrected chi connectivity index (χ1v) is 13.9. The van der Waals surface area contributed by atoms with Crippen LogP contribution in [0.1, 0.15) is 45.9 Å². The summed E-state index contributed by atoms with van der Waals surface area (Å²) >= 11 is 0. The summed E-state index contributed by atoms with van der Waals surface area (Å²) in [7, 11) is -0.892. The second-order valence-corrected chi connectivity index (χ2v) is 14.7. The SMILES string of the molecule is COCCO[C@H]1C(O[Si](C)(C)C(C)(C)C)[C@@H](C(=O)CC(C)=O)O[C@H]1n1cc(C)c(=O)[nH]c1=O. The monoisotopic (exact) mass is 484 g/mol. The van der Waals surface area contributed by atoms with Gasteiger partial charge in [0, 0.05) is 18.9 Å². The topological polar surface area (TPSA) is 126 Å². The van der Waals surface area contributed by atoms with Crippen molar-refractivity contribution in [1.82, 2.24) is 9.55 Å². The number of ether oxygens (including phenoxy) is 3. The quantitative estimate of drug-likeness (QED) is 0.302. The summed E-state index contributed by atoms with van der Waals surface area (Å²) in [5, 5.41) is -0.179. The predicted molar refractivity (Wildman–Crippen MR) is 124 cm³/mol. The van der Waals surface area contributed by atoms with Gasteiger partial charge in [-0.2, -0.15) is 0 Å². The molecule has 0 saturated carbocycles.